The summed E-state index contributed by atoms with van der Waals surface area (Å²) in [5.74, 6) is -0.231. The molecule has 5 aliphatic rings. The van der Waals surface area contributed by atoms with Crippen molar-refractivity contribution in [3.8, 4) is 0 Å². The molecule has 0 radical (unpaired) electrons. The molecule has 9 unspecified atom stereocenters. The molecule has 0 aromatic rings. The number of fused-ring (bicyclic) bond motifs is 7. The highest BCUT2D eigenvalue weighted by molar-refractivity contribution is 6.00. The Bertz CT molecular complexity index is 1400. The molecule has 8 heteroatoms. The van der Waals surface area contributed by atoms with E-state index in [2.05, 4.69) is 48.5 Å². The number of nitrogens with zero attached hydrogens (tertiary/aromatic N) is 1. The maximum Gasteiger partial charge on any atom is 0.309 e. The summed E-state index contributed by atoms with van der Waals surface area (Å²) >= 11 is 0. The van der Waals surface area contributed by atoms with Crippen LogP contribution in [0.1, 0.15) is 133 Å². The van der Waals surface area contributed by atoms with Gasteiger partial charge in [-0.05, 0) is 111 Å². The minimum absolute atomic E-state index is 0.0281. The van der Waals surface area contributed by atoms with Crippen molar-refractivity contribution in [2.24, 2.45) is 56.2 Å². The maximum atomic E-state index is 13.9. The summed E-state index contributed by atoms with van der Waals surface area (Å²) in [5.41, 5.74) is 0.141. The van der Waals surface area contributed by atoms with Crippen molar-refractivity contribution in [3.05, 3.63) is 11.1 Å². The zero-order valence-electron chi connectivity index (χ0n) is 31.6. The Morgan fingerprint density at radius 1 is 0.938 bits per heavy atom. The number of hydrogen-bond donors (Lipinski definition) is 2. The van der Waals surface area contributed by atoms with E-state index in [-0.39, 0.29) is 64.3 Å². The average molecular weight is 670 g/mol. The zero-order chi connectivity index (χ0) is 36.0. The number of hydrogen-bond acceptors (Lipinski definition) is 6. The first-order chi connectivity index (χ1) is 22.0. The Morgan fingerprint density at radius 2 is 1.58 bits per heavy atom. The highest BCUT2D eigenvalue weighted by Crippen LogP contribution is 2.77. The van der Waals surface area contributed by atoms with E-state index in [1.165, 1.54) is 12.5 Å². The largest absolute Gasteiger partial charge is 0.481 e. The third-order valence-electron chi connectivity index (χ3n) is 15.5. The molecule has 5 aliphatic carbocycles. The van der Waals surface area contributed by atoms with Crippen molar-refractivity contribution in [3.63, 3.8) is 0 Å². The molecule has 4 saturated carbocycles. The summed E-state index contributed by atoms with van der Waals surface area (Å²) in [5, 5.41) is 21.5. The van der Waals surface area contributed by atoms with Crippen LogP contribution in [0.2, 0.25) is 0 Å². The zero-order valence-corrected chi connectivity index (χ0v) is 31.6. The second-order valence-electron chi connectivity index (χ2n) is 19.0. The third kappa shape index (κ3) is 5.31. The lowest BCUT2D eigenvalue weighted by Gasteiger charge is -2.72. The number of rotatable bonds is 8. The van der Waals surface area contributed by atoms with Crippen LogP contribution in [0.4, 0.5) is 0 Å². The van der Waals surface area contributed by atoms with Gasteiger partial charge in [-0.25, -0.2) is 0 Å². The van der Waals surface area contributed by atoms with Crippen LogP contribution in [0, 0.1) is 56.2 Å². The smallest absolute Gasteiger partial charge is 0.309 e. The predicted molar refractivity (Wildman–Crippen MR) is 185 cm³/mol. The topological polar surface area (TPSA) is 121 Å². The highest BCUT2D eigenvalue weighted by atomic mass is 16.5. The summed E-state index contributed by atoms with van der Waals surface area (Å²) in [7, 11) is 1.73. The summed E-state index contributed by atoms with van der Waals surface area (Å²) in [4.78, 5) is 52.4. The number of amides is 1. The molecule has 1 amide bonds. The van der Waals surface area contributed by atoms with Crippen LogP contribution in [0.3, 0.4) is 0 Å². The minimum atomic E-state index is -1.17. The van der Waals surface area contributed by atoms with Crippen molar-refractivity contribution < 1.29 is 34.1 Å². The monoisotopic (exact) mass is 669 g/mol. The second kappa shape index (κ2) is 11.9. The van der Waals surface area contributed by atoms with E-state index >= 15 is 0 Å². The molecule has 2 N–H and O–H groups in total. The molecule has 0 saturated heterocycles. The molecule has 0 bridgehead atoms. The predicted octanol–water partition coefficient (Wildman–Crippen LogP) is 7.22. The van der Waals surface area contributed by atoms with E-state index in [9.17, 15) is 29.4 Å². The maximum absolute atomic E-state index is 13.9. The molecule has 0 aromatic carbocycles. The normalized spacial score (nSPS) is 39.6. The Labute approximate surface area is 288 Å². The van der Waals surface area contributed by atoms with Crippen LogP contribution in [0.25, 0.3) is 0 Å². The number of aliphatic hydroxyl groups excluding tert-OH is 1. The Kier molecular flexibility index (Phi) is 9.22. The van der Waals surface area contributed by atoms with E-state index in [0.717, 1.165) is 56.9 Å². The number of likely N-dealkylation sites (N-methyl/N-ethyl adjacent to an activating group) is 1. The molecule has 4 fully saturated rings. The average Bonchev–Trinajstić information content (AvgIpc) is 3.27. The number of carbonyl (C=O) groups is 4. The van der Waals surface area contributed by atoms with Crippen molar-refractivity contribution in [1.29, 1.82) is 0 Å². The van der Waals surface area contributed by atoms with E-state index in [1.54, 1.807) is 25.8 Å². The van der Waals surface area contributed by atoms with Gasteiger partial charge in [-0.2, -0.15) is 0 Å². The van der Waals surface area contributed by atoms with Gasteiger partial charge in [-0.1, -0.05) is 54.0 Å². The molecule has 0 spiro atoms. The van der Waals surface area contributed by atoms with Crippen molar-refractivity contribution in [1.82, 2.24) is 4.90 Å². The highest BCUT2D eigenvalue weighted by Gasteiger charge is 2.70. The standard InChI is InChI=1S/C40H63NO7/c1-23(2)32-26(43)20-40(29(44)22-41(11)24(3)42)19-18-38(9)25(33(32)40)12-13-28-37(8)16-15-30(48-31(45)21-35(4,5)34(46)47)36(6,7)27(37)14-17-39(28,38)10/h23,25,27-30,44H,12-22H2,1-11H3,(H,46,47). The number of carbonyl (C=O) groups excluding carboxylic acids is 3. The van der Waals surface area contributed by atoms with Gasteiger partial charge in [0.25, 0.3) is 0 Å². The number of Topliss-reactive ketones (excluding diaryl/α,β-unsaturated/α-hetero) is 1. The van der Waals surface area contributed by atoms with Crippen LogP contribution in [-0.2, 0) is 23.9 Å². The first-order valence-corrected chi connectivity index (χ1v) is 18.6. The van der Waals surface area contributed by atoms with Gasteiger partial charge < -0.3 is 19.8 Å². The number of ketones is 1. The van der Waals surface area contributed by atoms with Crippen molar-refractivity contribution in [2.75, 3.05) is 13.6 Å². The van der Waals surface area contributed by atoms with E-state index in [4.69, 9.17) is 4.74 Å². The first-order valence-electron chi connectivity index (χ1n) is 18.6. The summed E-state index contributed by atoms with van der Waals surface area (Å²) in [6.07, 6.45) is 6.70. The van der Waals surface area contributed by atoms with Gasteiger partial charge in [0.15, 0.2) is 5.78 Å². The molecular weight excluding hydrogens is 606 g/mol. The molecule has 48 heavy (non-hydrogen) atoms. The van der Waals surface area contributed by atoms with E-state index in [0.29, 0.717) is 18.3 Å². The van der Waals surface area contributed by atoms with Crippen molar-refractivity contribution >= 4 is 23.6 Å². The lowest BCUT2D eigenvalue weighted by Crippen LogP contribution is -2.66. The second-order valence-corrected chi connectivity index (χ2v) is 19.0. The number of esters is 1. The molecule has 5 rings (SSSR count). The Morgan fingerprint density at radius 3 is 2.17 bits per heavy atom. The fourth-order valence-corrected chi connectivity index (χ4v) is 12.5. The number of aliphatic carboxylic acids is 1. The fourth-order valence-electron chi connectivity index (χ4n) is 12.5. The van der Waals surface area contributed by atoms with E-state index < -0.39 is 28.9 Å². The SMILES string of the molecule is CC(=O)N(C)CC(O)C12CCC3(C)C(CCC4C5(C)CCC(OC(=O)CC(C)(C)C(=O)O)C(C)(C)C5CCC43C)C1=C(C(C)C)C(=O)C2. The van der Waals surface area contributed by atoms with Gasteiger partial charge in [0.1, 0.15) is 6.10 Å². The van der Waals surface area contributed by atoms with Gasteiger partial charge in [-0.3, -0.25) is 19.2 Å². The molecule has 270 valence electrons. The van der Waals surface area contributed by atoms with Crippen LogP contribution in [0.5, 0.6) is 0 Å². The van der Waals surface area contributed by atoms with Gasteiger partial charge in [-0.15, -0.1) is 0 Å². The van der Waals surface area contributed by atoms with Gasteiger partial charge >= 0.3 is 11.9 Å². The van der Waals surface area contributed by atoms with Crippen LogP contribution >= 0.6 is 0 Å². The third-order valence-corrected chi connectivity index (χ3v) is 15.5. The minimum Gasteiger partial charge on any atom is -0.481 e. The molecular formula is C40H63NO7. The summed E-state index contributed by atoms with van der Waals surface area (Å²) in [6, 6.07) is 0. The van der Waals surface area contributed by atoms with Crippen LogP contribution in [-0.4, -0.2) is 64.5 Å². The lowest BCUT2D eigenvalue weighted by atomic mass is 9.33. The summed E-state index contributed by atoms with van der Waals surface area (Å²) in [6.45, 7) is 21.1. The van der Waals surface area contributed by atoms with Crippen LogP contribution in [0.15, 0.2) is 11.1 Å². The first kappa shape index (κ1) is 37.0. The molecule has 9 atom stereocenters. The van der Waals surface area contributed by atoms with Gasteiger partial charge in [0.05, 0.1) is 17.9 Å². The number of ether oxygens (including phenoxy) is 1. The Balaban J connectivity index is 1.46. The Hall–Kier alpha value is -2.22. The summed E-state index contributed by atoms with van der Waals surface area (Å²) < 4.78 is 6.13. The number of allylic oxidation sites excluding steroid dienone is 1. The molecule has 0 heterocycles. The van der Waals surface area contributed by atoms with Gasteiger partial charge in [0.2, 0.25) is 5.91 Å². The lowest BCUT2D eigenvalue weighted by molar-refractivity contribution is -0.235. The quantitative estimate of drug-likeness (QED) is 0.262. The molecule has 8 nitrogen and oxygen atoms in total. The fraction of sp³-hybridized carbons (Fsp3) is 0.850. The molecule has 0 aliphatic heterocycles. The van der Waals surface area contributed by atoms with Gasteiger partial charge in [0, 0.05) is 37.8 Å². The number of carboxylic acids is 1. The molecule has 0 aromatic heterocycles. The van der Waals surface area contributed by atoms with Crippen molar-refractivity contribution in [2.45, 2.75) is 146 Å². The van der Waals surface area contributed by atoms with Crippen LogP contribution < -0.4 is 0 Å². The van der Waals surface area contributed by atoms with E-state index in [1.807, 2.05) is 0 Å². The number of aliphatic hydroxyl groups is 1. The number of carboxylic acid groups (broad SMARTS) is 1.